The first-order chi connectivity index (χ1) is 15.7. The van der Waals surface area contributed by atoms with Crippen molar-refractivity contribution >= 4 is 5.82 Å². The number of hydrogen-bond donors (Lipinski definition) is 3. The van der Waals surface area contributed by atoms with Gasteiger partial charge in [0.1, 0.15) is 5.75 Å². The van der Waals surface area contributed by atoms with Gasteiger partial charge in [-0.1, -0.05) is 6.07 Å². The smallest absolute Gasteiger partial charge is 0.248 e. The second-order valence-electron chi connectivity index (χ2n) is 10.2. The number of piperidine rings is 2. The second kappa shape index (κ2) is 7.99. The molecule has 2 bridgehead atoms. The zero-order chi connectivity index (χ0) is 23.2. The number of phenolic OH excluding ortho intramolecular Hbond substituents is 1. The Hall–Kier alpha value is -3.19. The van der Waals surface area contributed by atoms with Crippen molar-refractivity contribution in [2.24, 2.45) is 0 Å². The minimum Gasteiger partial charge on any atom is -0.507 e. The molecule has 0 saturated carbocycles. The molecule has 0 unspecified atom stereocenters. The van der Waals surface area contributed by atoms with Crippen molar-refractivity contribution in [2.75, 3.05) is 11.9 Å². The molecule has 3 aromatic rings. The highest BCUT2D eigenvalue weighted by Gasteiger charge is 2.46. The Bertz CT molecular complexity index is 1210. The van der Waals surface area contributed by atoms with Crippen LogP contribution in [0.4, 0.5) is 5.82 Å². The summed E-state index contributed by atoms with van der Waals surface area (Å²) in [6.45, 7) is 4.69. The van der Waals surface area contributed by atoms with E-state index in [9.17, 15) is 9.90 Å². The Morgan fingerprint density at radius 2 is 1.73 bits per heavy atom. The highest BCUT2D eigenvalue weighted by molar-refractivity contribution is 5.74. The number of anilines is 1. The van der Waals surface area contributed by atoms with Crippen LogP contribution in [0.2, 0.25) is 0 Å². The number of hydrogen-bond acceptors (Lipinski definition) is 6. The molecular formula is C26H31N5O2. The number of aromatic amines is 1. The van der Waals surface area contributed by atoms with E-state index in [-0.39, 0.29) is 22.4 Å². The van der Waals surface area contributed by atoms with E-state index in [0.29, 0.717) is 17.3 Å². The van der Waals surface area contributed by atoms with Gasteiger partial charge in [0, 0.05) is 42.0 Å². The SMILES string of the molecule is CN(c1ccc(-c2ccc(-c3cc[nH]c(=O)c3)cc2O)nn1)[C@H]1C[C@]2(C)CCC[C@](C)(C1)N2. The average molecular weight is 446 g/mol. The molecule has 2 aromatic heterocycles. The molecule has 2 fully saturated rings. The van der Waals surface area contributed by atoms with Gasteiger partial charge in [-0.25, -0.2) is 0 Å². The van der Waals surface area contributed by atoms with E-state index >= 15 is 0 Å². The third kappa shape index (κ3) is 4.25. The number of aromatic nitrogens is 3. The van der Waals surface area contributed by atoms with Crippen molar-refractivity contribution in [1.29, 1.82) is 0 Å². The van der Waals surface area contributed by atoms with E-state index in [1.165, 1.54) is 25.3 Å². The van der Waals surface area contributed by atoms with Gasteiger partial charge in [-0.3, -0.25) is 4.79 Å². The van der Waals surface area contributed by atoms with Gasteiger partial charge in [0.15, 0.2) is 5.82 Å². The van der Waals surface area contributed by atoms with Crippen molar-refractivity contribution < 1.29 is 5.11 Å². The van der Waals surface area contributed by atoms with Gasteiger partial charge < -0.3 is 20.3 Å². The van der Waals surface area contributed by atoms with Crippen LogP contribution in [0.25, 0.3) is 22.4 Å². The van der Waals surface area contributed by atoms with Crippen LogP contribution in [-0.4, -0.2) is 44.5 Å². The van der Waals surface area contributed by atoms with E-state index in [1.54, 1.807) is 18.3 Å². The van der Waals surface area contributed by atoms with Crippen LogP contribution in [0.5, 0.6) is 5.75 Å². The second-order valence-corrected chi connectivity index (χ2v) is 10.2. The molecule has 0 amide bonds. The van der Waals surface area contributed by atoms with Crippen LogP contribution in [-0.2, 0) is 0 Å². The fraction of sp³-hybridized carbons (Fsp3) is 0.423. The summed E-state index contributed by atoms with van der Waals surface area (Å²) < 4.78 is 0. The number of benzene rings is 1. The third-order valence-electron chi connectivity index (χ3n) is 7.37. The summed E-state index contributed by atoms with van der Waals surface area (Å²) in [7, 11) is 2.11. The van der Waals surface area contributed by atoms with E-state index in [2.05, 4.69) is 46.3 Å². The molecule has 33 heavy (non-hydrogen) atoms. The number of H-pyrrole nitrogens is 1. The van der Waals surface area contributed by atoms with Gasteiger partial charge in [-0.2, -0.15) is 0 Å². The number of nitrogens with one attached hydrogen (secondary N) is 2. The lowest BCUT2D eigenvalue weighted by Crippen LogP contribution is -2.66. The number of aromatic hydroxyl groups is 1. The zero-order valence-electron chi connectivity index (χ0n) is 19.4. The van der Waals surface area contributed by atoms with Crippen molar-refractivity contribution in [3.63, 3.8) is 0 Å². The summed E-state index contributed by atoms with van der Waals surface area (Å²) in [6, 6.07) is 13.0. The molecule has 0 radical (unpaired) electrons. The van der Waals surface area contributed by atoms with Crippen molar-refractivity contribution in [1.82, 2.24) is 20.5 Å². The van der Waals surface area contributed by atoms with Crippen LogP contribution in [0, 0.1) is 0 Å². The van der Waals surface area contributed by atoms with E-state index < -0.39 is 0 Å². The van der Waals surface area contributed by atoms with Crippen LogP contribution in [0.1, 0.15) is 46.0 Å². The molecule has 0 aliphatic carbocycles. The quantitative estimate of drug-likeness (QED) is 0.560. The molecule has 7 heteroatoms. The van der Waals surface area contributed by atoms with Gasteiger partial charge in [0.25, 0.3) is 0 Å². The molecule has 1 aromatic carbocycles. The van der Waals surface area contributed by atoms with Crippen LogP contribution in [0.3, 0.4) is 0 Å². The highest BCUT2D eigenvalue weighted by Crippen LogP contribution is 2.42. The maximum absolute atomic E-state index is 11.6. The predicted molar refractivity (Wildman–Crippen MR) is 130 cm³/mol. The number of phenols is 1. The van der Waals surface area contributed by atoms with Crippen LogP contribution < -0.4 is 15.8 Å². The number of rotatable bonds is 4. The van der Waals surface area contributed by atoms with Crippen molar-refractivity contribution in [3.05, 3.63) is 59.0 Å². The molecule has 3 atom stereocenters. The molecule has 2 aliphatic heterocycles. The Balaban J connectivity index is 1.36. The maximum atomic E-state index is 11.6. The molecule has 0 spiro atoms. The lowest BCUT2D eigenvalue weighted by molar-refractivity contribution is 0.0784. The number of nitrogens with zero attached hydrogens (tertiary/aromatic N) is 3. The lowest BCUT2D eigenvalue weighted by atomic mass is 9.69. The molecular weight excluding hydrogens is 414 g/mol. The minimum absolute atomic E-state index is 0.107. The number of pyridine rings is 1. The topological polar surface area (TPSA) is 94.1 Å². The Kier molecular flexibility index (Phi) is 5.24. The first-order valence-corrected chi connectivity index (χ1v) is 11.6. The van der Waals surface area contributed by atoms with Gasteiger partial charge in [0.2, 0.25) is 5.56 Å². The largest absolute Gasteiger partial charge is 0.507 e. The number of fused-ring (bicyclic) bond motifs is 2. The summed E-state index contributed by atoms with van der Waals surface area (Å²) >= 11 is 0. The Labute approximate surface area is 193 Å². The van der Waals surface area contributed by atoms with Gasteiger partial charge in [-0.05, 0) is 87.4 Å². The first-order valence-electron chi connectivity index (χ1n) is 11.6. The third-order valence-corrected chi connectivity index (χ3v) is 7.37. The first kappa shape index (κ1) is 21.6. The van der Waals surface area contributed by atoms with Gasteiger partial charge in [-0.15, -0.1) is 10.2 Å². The summed E-state index contributed by atoms with van der Waals surface area (Å²) in [5.74, 6) is 0.950. The lowest BCUT2D eigenvalue weighted by Gasteiger charge is -2.55. The molecule has 3 N–H and O–H groups in total. The average Bonchev–Trinajstić information content (AvgIpc) is 2.77. The van der Waals surface area contributed by atoms with Crippen molar-refractivity contribution in [3.8, 4) is 28.1 Å². The zero-order valence-corrected chi connectivity index (χ0v) is 19.4. The molecule has 7 nitrogen and oxygen atoms in total. The van der Waals surface area contributed by atoms with Crippen molar-refractivity contribution in [2.45, 2.75) is 63.1 Å². The van der Waals surface area contributed by atoms with Crippen LogP contribution >= 0.6 is 0 Å². The molecule has 2 saturated heterocycles. The maximum Gasteiger partial charge on any atom is 0.248 e. The Morgan fingerprint density at radius 1 is 1.00 bits per heavy atom. The van der Waals surface area contributed by atoms with Gasteiger partial charge >= 0.3 is 0 Å². The summed E-state index contributed by atoms with van der Waals surface area (Å²) in [5, 5.41) is 23.5. The van der Waals surface area contributed by atoms with E-state index in [0.717, 1.165) is 29.8 Å². The van der Waals surface area contributed by atoms with E-state index in [1.807, 2.05) is 24.3 Å². The monoisotopic (exact) mass is 445 g/mol. The Morgan fingerprint density at radius 3 is 2.36 bits per heavy atom. The minimum atomic E-state index is -0.179. The predicted octanol–water partition coefficient (Wildman–Crippen LogP) is 4.09. The summed E-state index contributed by atoms with van der Waals surface area (Å²) in [5.41, 5.74) is 2.92. The molecule has 172 valence electrons. The summed E-state index contributed by atoms with van der Waals surface area (Å²) in [4.78, 5) is 16.4. The normalized spacial score (nSPS) is 26.7. The molecule has 5 rings (SSSR count). The van der Waals surface area contributed by atoms with Gasteiger partial charge in [0.05, 0.1) is 5.69 Å². The molecule has 2 aliphatic rings. The summed E-state index contributed by atoms with van der Waals surface area (Å²) in [6.07, 6.45) is 7.49. The fourth-order valence-electron chi connectivity index (χ4n) is 5.81. The van der Waals surface area contributed by atoms with Crippen LogP contribution in [0.15, 0.2) is 53.5 Å². The van der Waals surface area contributed by atoms with E-state index in [4.69, 9.17) is 0 Å². The standard InChI is InChI=1S/C26H31N5O2/c1-25-10-4-11-26(2,30-25)16-19(15-25)31(3)23-8-7-21(28-29-23)20-6-5-17(13-22(20)32)18-9-12-27-24(33)14-18/h5-9,12-14,19,30,32H,4,10-11,15-16H2,1-3H3,(H,27,33)/t19-,25-,26+. The molecule has 4 heterocycles. The fourth-order valence-corrected chi connectivity index (χ4v) is 5.81. The highest BCUT2D eigenvalue weighted by atomic mass is 16.3.